The van der Waals surface area contributed by atoms with Gasteiger partial charge in [0.1, 0.15) is 0 Å². The van der Waals surface area contributed by atoms with Gasteiger partial charge in [-0.15, -0.1) is 0 Å². The Morgan fingerprint density at radius 1 is 1.23 bits per heavy atom. The molecule has 0 aromatic carbocycles. The molecule has 0 N–H and O–H groups in total. The van der Waals surface area contributed by atoms with Crippen molar-refractivity contribution in [3.8, 4) is 0 Å². The van der Waals surface area contributed by atoms with Crippen molar-refractivity contribution < 1.29 is 0 Å². The smallest absolute Gasteiger partial charge is 0.0132 e. The van der Waals surface area contributed by atoms with Crippen molar-refractivity contribution in [1.82, 2.24) is 0 Å². The zero-order valence-corrected chi connectivity index (χ0v) is 8.22. The molecule has 0 aromatic rings. The lowest BCUT2D eigenvalue weighted by molar-refractivity contribution is 0.913. The van der Waals surface area contributed by atoms with E-state index >= 15 is 0 Å². The molecule has 68 valence electrons. The van der Waals surface area contributed by atoms with Gasteiger partial charge in [-0.1, -0.05) is 41.5 Å². The van der Waals surface area contributed by atoms with Crippen LogP contribution in [-0.2, 0) is 0 Å². The van der Waals surface area contributed by atoms with E-state index < -0.39 is 0 Å². The molecule has 2 aliphatic carbocycles. The van der Waals surface area contributed by atoms with Gasteiger partial charge in [0.25, 0.3) is 0 Å². The zero-order valence-electron chi connectivity index (χ0n) is 8.22. The van der Waals surface area contributed by atoms with E-state index in [0.717, 1.165) is 6.42 Å². The number of allylic oxidation sites excluding steroid dienone is 8. The van der Waals surface area contributed by atoms with E-state index in [0.29, 0.717) is 0 Å². The molecule has 0 fully saturated rings. The molecule has 2 aliphatic rings. The standard InChI is InChI=1S/C13H16/c1-11-5-4-8-13(11)10-9-12-6-2-3-7-12/h2-3,5-6,8H,4,7,9-10H2,1H3. The van der Waals surface area contributed by atoms with Crippen molar-refractivity contribution >= 4 is 0 Å². The highest BCUT2D eigenvalue weighted by molar-refractivity contribution is 5.36. The number of rotatable bonds is 3. The molecular weight excluding hydrogens is 156 g/mol. The van der Waals surface area contributed by atoms with Gasteiger partial charge in [0.15, 0.2) is 0 Å². The summed E-state index contributed by atoms with van der Waals surface area (Å²) in [6.45, 7) is 2.22. The van der Waals surface area contributed by atoms with Gasteiger partial charge < -0.3 is 0 Å². The van der Waals surface area contributed by atoms with Crippen molar-refractivity contribution in [1.29, 1.82) is 0 Å². The summed E-state index contributed by atoms with van der Waals surface area (Å²) in [5, 5.41) is 0. The first kappa shape index (κ1) is 8.55. The third kappa shape index (κ3) is 2.00. The van der Waals surface area contributed by atoms with Gasteiger partial charge in [-0.2, -0.15) is 0 Å². The van der Waals surface area contributed by atoms with Crippen LogP contribution < -0.4 is 0 Å². The number of hydrogen-bond donors (Lipinski definition) is 0. The molecule has 0 unspecified atom stereocenters. The predicted octanol–water partition coefficient (Wildman–Crippen LogP) is 3.93. The monoisotopic (exact) mass is 172 g/mol. The van der Waals surface area contributed by atoms with E-state index in [4.69, 9.17) is 0 Å². The molecule has 0 heterocycles. The van der Waals surface area contributed by atoms with Gasteiger partial charge in [0.2, 0.25) is 0 Å². The highest BCUT2D eigenvalue weighted by atomic mass is 14.1. The second-order valence-corrected chi connectivity index (χ2v) is 3.81. The second-order valence-electron chi connectivity index (χ2n) is 3.81. The van der Waals surface area contributed by atoms with E-state index in [-0.39, 0.29) is 0 Å². The Bertz CT molecular complexity index is 311. The molecule has 13 heavy (non-hydrogen) atoms. The fraction of sp³-hybridized carbons (Fsp3) is 0.385. The summed E-state index contributed by atoms with van der Waals surface area (Å²) < 4.78 is 0. The van der Waals surface area contributed by atoms with Crippen LogP contribution in [0.4, 0.5) is 0 Å². The van der Waals surface area contributed by atoms with Gasteiger partial charge >= 0.3 is 0 Å². The largest absolute Gasteiger partial charge is 0.0805 e. The Morgan fingerprint density at radius 2 is 2.15 bits per heavy atom. The van der Waals surface area contributed by atoms with Gasteiger partial charge in [0, 0.05) is 0 Å². The fourth-order valence-corrected chi connectivity index (χ4v) is 1.94. The van der Waals surface area contributed by atoms with Crippen LogP contribution in [0.3, 0.4) is 0 Å². The zero-order chi connectivity index (χ0) is 9.10. The first-order valence-corrected chi connectivity index (χ1v) is 5.07. The molecule has 2 rings (SSSR count). The maximum atomic E-state index is 2.36. The summed E-state index contributed by atoms with van der Waals surface area (Å²) in [7, 11) is 0. The van der Waals surface area contributed by atoms with E-state index in [1.807, 2.05) is 0 Å². The lowest BCUT2D eigenvalue weighted by atomic mass is 10.0. The molecular formula is C13H16. The van der Waals surface area contributed by atoms with Gasteiger partial charge in [0.05, 0.1) is 0 Å². The summed E-state index contributed by atoms with van der Waals surface area (Å²) in [4.78, 5) is 0. The minimum absolute atomic E-state index is 1.15. The molecule has 0 nitrogen and oxygen atoms in total. The van der Waals surface area contributed by atoms with Crippen molar-refractivity contribution in [2.24, 2.45) is 0 Å². The lowest BCUT2D eigenvalue weighted by Crippen LogP contribution is -1.85. The van der Waals surface area contributed by atoms with Gasteiger partial charge in [-0.05, 0) is 38.2 Å². The van der Waals surface area contributed by atoms with Crippen LogP contribution in [0.1, 0.15) is 32.6 Å². The molecule has 0 saturated heterocycles. The molecule has 0 aliphatic heterocycles. The Balaban J connectivity index is 1.83. The van der Waals surface area contributed by atoms with Crippen molar-refractivity contribution in [2.75, 3.05) is 0 Å². The first-order valence-electron chi connectivity index (χ1n) is 5.07. The minimum Gasteiger partial charge on any atom is -0.0805 e. The van der Waals surface area contributed by atoms with Crippen molar-refractivity contribution in [3.05, 3.63) is 47.1 Å². The van der Waals surface area contributed by atoms with Crippen LogP contribution in [0.25, 0.3) is 0 Å². The predicted molar refractivity (Wildman–Crippen MR) is 57.5 cm³/mol. The topological polar surface area (TPSA) is 0 Å². The van der Waals surface area contributed by atoms with Crippen molar-refractivity contribution in [2.45, 2.75) is 32.6 Å². The molecule has 0 radical (unpaired) electrons. The van der Waals surface area contributed by atoms with E-state index in [1.54, 1.807) is 11.1 Å². The van der Waals surface area contributed by atoms with Gasteiger partial charge in [-0.3, -0.25) is 0 Å². The van der Waals surface area contributed by atoms with E-state index in [9.17, 15) is 0 Å². The average Bonchev–Trinajstić information content (AvgIpc) is 2.72. The average molecular weight is 172 g/mol. The van der Waals surface area contributed by atoms with Gasteiger partial charge in [-0.25, -0.2) is 0 Å². The fourth-order valence-electron chi connectivity index (χ4n) is 1.94. The molecule has 0 bridgehead atoms. The number of hydrogen-bond acceptors (Lipinski definition) is 0. The van der Waals surface area contributed by atoms with Crippen LogP contribution in [0, 0.1) is 0 Å². The lowest BCUT2D eigenvalue weighted by Gasteiger charge is -2.04. The molecule has 0 atom stereocenters. The Kier molecular flexibility index (Phi) is 2.49. The normalized spacial score (nSPS) is 20.2. The van der Waals surface area contributed by atoms with E-state index in [1.165, 1.54) is 24.8 Å². The third-order valence-electron chi connectivity index (χ3n) is 2.86. The van der Waals surface area contributed by atoms with Crippen LogP contribution in [0.2, 0.25) is 0 Å². The minimum atomic E-state index is 1.15. The third-order valence-corrected chi connectivity index (χ3v) is 2.86. The summed E-state index contributed by atoms with van der Waals surface area (Å²) in [5.74, 6) is 0. The highest BCUT2D eigenvalue weighted by Crippen LogP contribution is 2.26. The van der Waals surface area contributed by atoms with Crippen LogP contribution in [0.5, 0.6) is 0 Å². The van der Waals surface area contributed by atoms with E-state index in [2.05, 4.69) is 37.3 Å². The Morgan fingerprint density at radius 3 is 2.77 bits per heavy atom. The molecule has 0 heteroatoms. The molecule has 0 aromatic heterocycles. The van der Waals surface area contributed by atoms with Crippen LogP contribution in [0.15, 0.2) is 47.1 Å². The van der Waals surface area contributed by atoms with Crippen LogP contribution >= 0.6 is 0 Å². The summed E-state index contributed by atoms with van der Waals surface area (Å²) in [6.07, 6.45) is 16.1. The maximum Gasteiger partial charge on any atom is -0.0132 e. The Labute approximate surface area is 80.3 Å². The van der Waals surface area contributed by atoms with Crippen molar-refractivity contribution in [3.63, 3.8) is 0 Å². The summed E-state index contributed by atoms with van der Waals surface area (Å²) in [5.41, 5.74) is 4.64. The Hall–Kier alpha value is -1.04. The molecule has 0 spiro atoms. The first-order chi connectivity index (χ1) is 6.36. The quantitative estimate of drug-likeness (QED) is 0.605. The van der Waals surface area contributed by atoms with Crippen LogP contribution in [-0.4, -0.2) is 0 Å². The molecule has 0 amide bonds. The second kappa shape index (κ2) is 3.78. The maximum absolute atomic E-state index is 2.36. The summed E-state index contributed by atoms with van der Waals surface area (Å²) >= 11 is 0. The summed E-state index contributed by atoms with van der Waals surface area (Å²) in [6, 6.07) is 0. The highest BCUT2D eigenvalue weighted by Gasteiger charge is 2.06. The molecule has 0 saturated carbocycles. The SMILES string of the molecule is CC1=CCC=C1CCC1=CC=CC1.